The molecular formula is C13H14F2N2O2S2. The molecule has 0 saturated carbocycles. The summed E-state index contributed by atoms with van der Waals surface area (Å²) in [6.45, 7) is 1.81. The van der Waals surface area contributed by atoms with Crippen LogP contribution in [0.3, 0.4) is 0 Å². The van der Waals surface area contributed by atoms with Gasteiger partial charge in [0.15, 0.2) is 5.82 Å². The van der Waals surface area contributed by atoms with Gasteiger partial charge in [0, 0.05) is 4.88 Å². The maximum absolute atomic E-state index is 13.9. The second-order valence-corrected chi connectivity index (χ2v) is 7.03. The number of nitrogen functional groups attached to an aromatic ring is 1. The van der Waals surface area contributed by atoms with Crippen molar-refractivity contribution in [1.29, 1.82) is 0 Å². The van der Waals surface area contributed by atoms with E-state index in [1.807, 2.05) is 12.3 Å². The van der Waals surface area contributed by atoms with Crippen molar-refractivity contribution in [3.63, 3.8) is 0 Å². The molecule has 0 fully saturated rings. The number of thiophene rings is 1. The standard InChI is InChI=1S/C13H14F2N2O2S2/c1-2-9(10-4-3-7-20-10)17-21(18,19)11-6-5-8(14)13(16)12(11)15/h3-7,9,17H,2,16H2,1H3. The lowest BCUT2D eigenvalue weighted by Crippen LogP contribution is -2.28. The van der Waals surface area contributed by atoms with Crippen molar-refractivity contribution in [2.75, 3.05) is 5.73 Å². The molecule has 21 heavy (non-hydrogen) atoms. The van der Waals surface area contributed by atoms with Crippen molar-refractivity contribution < 1.29 is 17.2 Å². The van der Waals surface area contributed by atoms with E-state index >= 15 is 0 Å². The number of hydrogen-bond donors (Lipinski definition) is 2. The van der Waals surface area contributed by atoms with Gasteiger partial charge in [-0.15, -0.1) is 11.3 Å². The van der Waals surface area contributed by atoms with E-state index in [2.05, 4.69) is 4.72 Å². The van der Waals surface area contributed by atoms with Crippen LogP contribution in [0.4, 0.5) is 14.5 Å². The third-order valence-electron chi connectivity index (χ3n) is 2.97. The highest BCUT2D eigenvalue weighted by Gasteiger charge is 2.26. The Hall–Kier alpha value is -1.51. The van der Waals surface area contributed by atoms with Crippen LogP contribution in [0.25, 0.3) is 0 Å². The summed E-state index contributed by atoms with van der Waals surface area (Å²) in [5, 5.41) is 1.82. The topological polar surface area (TPSA) is 72.2 Å². The molecule has 2 rings (SSSR count). The molecule has 1 aromatic heterocycles. The highest BCUT2D eigenvalue weighted by Crippen LogP contribution is 2.27. The lowest BCUT2D eigenvalue weighted by Gasteiger charge is -2.16. The van der Waals surface area contributed by atoms with Gasteiger partial charge in [0.1, 0.15) is 16.4 Å². The zero-order valence-corrected chi connectivity index (χ0v) is 12.8. The molecule has 1 aromatic carbocycles. The van der Waals surface area contributed by atoms with E-state index in [0.717, 1.165) is 17.0 Å². The molecule has 0 aliphatic heterocycles. The molecule has 114 valence electrons. The molecule has 1 heterocycles. The number of halogens is 2. The zero-order valence-electron chi connectivity index (χ0n) is 11.1. The molecule has 1 unspecified atom stereocenters. The highest BCUT2D eigenvalue weighted by atomic mass is 32.2. The van der Waals surface area contributed by atoms with Gasteiger partial charge < -0.3 is 5.73 Å². The summed E-state index contributed by atoms with van der Waals surface area (Å²) in [5.74, 6) is -2.26. The Labute approximate surface area is 125 Å². The number of rotatable bonds is 5. The van der Waals surface area contributed by atoms with Crippen molar-refractivity contribution in [1.82, 2.24) is 4.72 Å². The predicted octanol–water partition coefficient (Wildman–Crippen LogP) is 3.04. The summed E-state index contributed by atoms with van der Waals surface area (Å²) >= 11 is 1.40. The average Bonchev–Trinajstić information content (AvgIpc) is 2.96. The molecular weight excluding hydrogens is 318 g/mol. The average molecular weight is 332 g/mol. The minimum absolute atomic E-state index is 0.472. The summed E-state index contributed by atoms with van der Waals surface area (Å²) in [6, 6.07) is 4.81. The van der Waals surface area contributed by atoms with Crippen molar-refractivity contribution in [3.05, 3.63) is 46.2 Å². The maximum atomic E-state index is 13.9. The summed E-state index contributed by atoms with van der Waals surface area (Å²) in [7, 11) is -4.13. The van der Waals surface area contributed by atoms with E-state index in [0.29, 0.717) is 6.42 Å². The van der Waals surface area contributed by atoms with Gasteiger partial charge in [-0.3, -0.25) is 0 Å². The Kier molecular flexibility index (Phi) is 4.60. The highest BCUT2D eigenvalue weighted by molar-refractivity contribution is 7.89. The van der Waals surface area contributed by atoms with Crippen LogP contribution in [0.1, 0.15) is 24.3 Å². The second-order valence-electron chi connectivity index (χ2n) is 4.37. The third-order valence-corrected chi connectivity index (χ3v) is 5.45. The summed E-state index contributed by atoms with van der Waals surface area (Å²) in [6.07, 6.45) is 0.498. The van der Waals surface area contributed by atoms with Gasteiger partial charge in [0.25, 0.3) is 0 Å². The molecule has 4 nitrogen and oxygen atoms in total. The minimum atomic E-state index is -4.13. The molecule has 1 atom stereocenters. The van der Waals surface area contributed by atoms with Crippen molar-refractivity contribution >= 4 is 27.0 Å². The van der Waals surface area contributed by atoms with E-state index in [4.69, 9.17) is 5.73 Å². The fourth-order valence-electron chi connectivity index (χ4n) is 1.84. The summed E-state index contributed by atoms with van der Waals surface area (Å²) in [4.78, 5) is 0.160. The van der Waals surface area contributed by atoms with E-state index in [-0.39, 0.29) is 0 Å². The molecule has 2 aromatic rings. The number of anilines is 1. The first-order valence-corrected chi connectivity index (χ1v) is 8.52. The van der Waals surface area contributed by atoms with Crippen molar-refractivity contribution in [3.8, 4) is 0 Å². The smallest absolute Gasteiger partial charge is 0.244 e. The zero-order chi connectivity index (χ0) is 15.6. The first-order valence-electron chi connectivity index (χ1n) is 6.16. The SMILES string of the molecule is CCC(NS(=O)(=O)c1ccc(F)c(N)c1F)c1cccs1. The van der Waals surface area contributed by atoms with Crippen LogP contribution in [0.15, 0.2) is 34.5 Å². The van der Waals surface area contributed by atoms with Crippen molar-refractivity contribution in [2.24, 2.45) is 0 Å². The van der Waals surface area contributed by atoms with Gasteiger partial charge in [-0.2, -0.15) is 0 Å². The molecule has 0 spiro atoms. The van der Waals surface area contributed by atoms with E-state index in [1.54, 1.807) is 12.1 Å². The maximum Gasteiger partial charge on any atom is 0.244 e. The predicted molar refractivity (Wildman–Crippen MR) is 78.4 cm³/mol. The monoisotopic (exact) mass is 332 g/mol. The lowest BCUT2D eigenvalue weighted by atomic mass is 10.2. The number of hydrogen-bond acceptors (Lipinski definition) is 4. The van der Waals surface area contributed by atoms with Crippen LogP contribution in [0.2, 0.25) is 0 Å². The first-order chi connectivity index (χ1) is 9.86. The number of nitrogens with two attached hydrogens (primary N) is 1. The van der Waals surface area contributed by atoms with E-state index in [9.17, 15) is 17.2 Å². The molecule has 0 aliphatic carbocycles. The second kappa shape index (κ2) is 6.08. The molecule has 0 aliphatic rings. The molecule has 0 saturated heterocycles. The van der Waals surface area contributed by atoms with Crippen molar-refractivity contribution in [2.45, 2.75) is 24.3 Å². The van der Waals surface area contributed by atoms with Gasteiger partial charge in [0.05, 0.1) is 6.04 Å². The van der Waals surface area contributed by atoms with Crippen LogP contribution < -0.4 is 10.5 Å². The van der Waals surface area contributed by atoms with Gasteiger partial charge >= 0.3 is 0 Å². The Morgan fingerprint density at radius 1 is 1.33 bits per heavy atom. The molecule has 0 radical (unpaired) electrons. The Bertz CT molecular complexity index is 731. The molecule has 3 N–H and O–H groups in total. The van der Waals surface area contributed by atoms with E-state index in [1.165, 1.54) is 11.3 Å². The quantitative estimate of drug-likeness (QED) is 0.827. The fourth-order valence-corrected chi connectivity index (χ4v) is 4.16. The van der Waals surface area contributed by atoms with Crippen LogP contribution in [0, 0.1) is 11.6 Å². The van der Waals surface area contributed by atoms with Crippen LogP contribution in [0.5, 0.6) is 0 Å². The summed E-state index contributed by atoms with van der Waals surface area (Å²) < 4.78 is 53.9. The Balaban J connectivity index is 2.37. The van der Waals surface area contributed by atoms with Crippen LogP contribution >= 0.6 is 11.3 Å². The number of nitrogens with one attached hydrogen (secondary N) is 1. The van der Waals surface area contributed by atoms with Gasteiger partial charge in [-0.05, 0) is 30.0 Å². The van der Waals surface area contributed by atoms with Gasteiger partial charge in [-0.1, -0.05) is 13.0 Å². The Morgan fingerprint density at radius 3 is 2.62 bits per heavy atom. The van der Waals surface area contributed by atoms with Gasteiger partial charge in [-0.25, -0.2) is 21.9 Å². The third kappa shape index (κ3) is 3.22. The molecule has 0 amide bonds. The minimum Gasteiger partial charge on any atom is -0.394 e. The first kappa shape index (κ1) is 15.9. The van der Waals surface area contributed by atoms with E-state index < -0.39 is 38.3 Å². The molecule has 8 heteroatoms. The van der Waals surface area contributed by atoms with Gasteiger partial charge in [0.2, 0.25) is 10.0 Å². The van der Waals surface area contributed by atoms with Crippen LogP contribution in [-0.4, -0.2) is 8.42 Å². The van der Waals surface area contributed by atoms with Crippen LogP contribution in [-0.2, 0) is 10.0 Å². The fraction of sp³-hybridized carbons (Fsp3) is 0.231. The number of sulfonamides is 1. The summed E-state index contributed by atoms with van der Waals surface area (Å²) in [5.41, 5.74) is 4.39. The number of benzene rings is 1. The Morgan fingerprint density at radius 2 is 2.05 bits per heavy atom. The lowest BCUT2D eigenvalue weighted by molar-refractivity contribution is 0.533. The normalized spacial score (nSPS) is 13.3. The largest absolute Gasteiger partial charge is 0.394 e. The molecule has 0 bridgehead atoms.